The second kappa shape index (κ2) is 8.06. The quantitative estimate of drug-likeness (QED) is 0.789. The highest BCUT2D eigenvalue weighted by atomic mass is 16.5. The van der Waals surface area contributed by atoms with Gasteiger partial charge in [-0.25, -0.2) is 4.79 Å². The maximum absolute atomic E-state index is 12.1. The molecule has 2 aromatic rings. The molecule has 0 aliphatic rings. The van der Waals surface area contributed by atoms with Crippen LogP contribution in [0, 0.1) is 0 Å². The van der Waals surface area contributed by atoms with E-state index in [2.05, 4.69) is 54.1 Å². The SMILES string of the molecule is CCOC(=O)c1n[nH]nc1-c1ccccc1CN(C(C)C)C(C)C. The lowest BCUT2D eigenvalue weighted by molar-refractivity contribution is 0.0520. The van der Waals surface area contributed by atoms with E-state index >= 15 is 0 Å². The zero-order valence-electron chi connectivity index (χ0n) is 15.0. The molecule has 0 atom stereocenters. The number of nitrogens with one attached hydrogen (secondary N) is 1. The lowest BCUT2D eigenvalue weighted by Gasteiger charge is -2.31. The Hall–Kier alpha value is -2.21. The Kier molecular flexibility index (Phi) is 6.09. The van der Waals surface area contributed by atoms with Crippen molar-refractivity contribution < 1.29 is 9.53 Å². The minimum atomic E-state index is -0.458. The van der Waals surface area contributed by atoms with Crippen molar-refractivity contribution in [1.82, 2.24) is 20.3 Å². The summed E-state index contributed by atoms with van der Waals surface area (Å²) in [4.78, 5) is 14.5. The number of aromatic nitrogens is 3. The van der Waals surface area contributed by atoms with Crippen LogP contribution in [0.1, 0.15) is 50.7 Å². The van der Waals surface area contributed by atoms with Gasteiger partial charge in [0.2, 0.25) is 0 Å². The summed E-state index contributed by atoms with van der Waals surface area (Å²) in [6.45, 7) is 11.6. The van der Waals surface area contributed by atoms with E-state index in [0.29, 0.717) is 24.4 Å². The highest BCUT2D eigenvalue weighted by molar-refractivity contribution is 5.94. The summed E-state index contributed by atoms with van der Waals surface area (Å²) in [5, 5.41) is 10.7. The third-order valence-electron chi connectivity index (χ3n) is 3.97. The number of esters is 1. The van der Waals surface area contributed by atoms with Gasteiger partial charge in [-0.05, 0) is 40.2 Å². The normalized spacial score (nSPS) is 11.5. The molecular formula is C18H26N4O2. The van der Waals surface area contributed by atoms with E-state index < -0.39 is 5.97 Å². The number of benzene rings is 1. The van der Waals surface area contributed by atoms with E-state index in [1.807, 2.05) is 18.2 Å². The van der Waals surface area contributed by atoms with Gasteiger partial charge in [-0.15, -0.1) is 5.10 Å². The third-order valence-corrected chi connectivity index (χ3v) is 3.97. The van der Waals surface area contributed by atoms with E-state index in [-0.39, 0.29) is 5.69 Å². The zero-order chi connectivity index (χ0) is 17.7. The van der Waals surface area contributed by atoms with Crippen LogP contribution in [-0.4, -0.2) is 45.0 Å². The van der Waals surface area contributed by atoms with E-state index in [4.69, 9.17) is 4.74 Å². The van der Waals surface area contributed by atoms with Crippen molar-refractivity contribution >= 4 is 5.97 Å². The average Bonchev–Trinajstić information content (AvgIpc) is 3.02. The first-order valence-corrected chi connectivity index (χ1v) is 8.37. The summed E-state index contributed by atoms with van der Waals surface area (Å²) in [7, 11) is 0. The molecule has 1 aromatic carbocycles. The van der Waals surface area contributed by atoms with Gasteiger partial charge in [0.25, 0.3) is 0 Å². The molecule has 0 fully saturated rings. The molecule has 1 aromatic heterocycles. The van der Waals surface area contributed by atoms with Crippen molar-refractivity contribution in [3.8, 4) is 11.3 Å². The minimum absolute atomic E-state index is 0.227. The van der Waals surface area contributed by atoms with Gasteiger partial charge >= 0.3 is 5.97 Å². The monoisotopic (exact) mass is 330 g/mol. The van der Waals surface area contributed by atoms with Crippen LogP contribution in [-0.2, 0) is 11.3 Å². The highest BCUT2D eigenvalue weighted by Gasteiger charge is 2.22. The van der Waals surface area contributed by atoms with Crippen LogP contribution in [0.3, 0.4) is 0 Å². The van der Waals surface area contributed by atoms with Gasteiger partial charge in [0.05, 0.1) is 6.61 Å². The second-order valence-corrected chi connectivity index (χ2v) is 6.26. The Labute approximate surface area is 143 Å². The number of aromatic amines is 1. The van der Waals surface area contributed by atoms with E-state index in [1.54, 1.807) is 6.92 Å². The fourth-order valence-corrected chi connectivity index (χ4v) is 2.81. The average molecular weight is 330 g/mol. The molecule has 0 bridgehead atoms. The van der Waals surface area contributed by atoms with Gasteiger partial charge in [0, 0.05) is 24.2 Å². The minimum Gasteiger partial charge on any atom is -0.461 e. The molecule has 0 amide bonds. The molecule has 2 rings (SSSR count). The molecule has 0 unspecified atom stereocenters. The van der Waals surface area contributed by atoms with Crippen LogP contribution in [0.2, 0.25) is 0 Å². The molecule has 0 saturated heterocycles. The molecule has 0 aliphatic carbocycles. The summed E-state index contributed by atoms with van der Waals surface area (Å²) >= 11 is 0. The molecule has 1 heterocycles. The smallest absolute Gasteiger partial charge is 0.361 e. The highest BCUT2D eigenvalue weighted by Crippen LogP contribution is 2.26. The summed E-state index contributed by atoms with van der Waals surface area (Å²) < 4.78 is 5.07. The Morgan fingerprint density at radius 3 is 2.46 bits per heavy atom. The standard InChI is InChI=1S/C18H26N4O2/c1-6-24-18(23)17-16(19-21-20-17)15-10-8-7-9-14(15)11-22(12(2)3)13(4)5/h7-10,12-13H,6,11H2,1-5H3,(H,19,20,21). The van der Waals surface area contributed by atoms with Crippen molar-refractivity contribution in [2.45, 2.75) is 53.2 Å². The number of carbonyl (C=O) groups is 1. The fraction of sp³-hybridized carbons (Fsp3) is 0.500. The summed E-state index contributed by atoms with van der Waals surface area (Å²) in [6.07, 6.45) is 0. The van der Waals surface area contributed by atoms with E-state index in [0.717, 1.165) is 17.7 Å². The van der Waals surface area contributed by atoms with Crippen LogP contribution in [0.5, 0.6) is 0 Å². The van der Waals surface area contributed by atoms with Crippen LogP contribution in [0.4, 0.5) is 0 Å². The largest absolute Gasteiger partial charge is 0.461 e. The maximum atomic E-state index is 12.1. The molecule has 0 saturated carbocycles. The lowest BCUT2D eigenvalue weighted by Crippen LogP contribution is -2.36. The van der Waals surface area contributed by atoms with E-state index in [1.165, 1.54) is 0 Å². The summed E-state index contributed by atoms with van der Waals surface area (Å²) in [5.41, 5.74) is 2.78. The van der Waals surface area contributed by atoms with Crippen LogP contribution < -0.4 is 0 Å². The lowest BCUT2D eigenvalue weighted by atomic mass is 10.0. The van der Waals surface area contributed by atoms with Gasteiger partial charge in [-0.2, -0.15) is 10.3 Å². The molecule has 0 spiro atoms. The number of H-pyrrole nitrogens is 1. The first-order valence-electron chi connectivity index (χ1n) is 8.37. The number of rotatable bonds is 7. The fourth-order valence-electron chi connectivity index (χ4n) is 2.81. The van der Waals surface area contributed by atoms with Crippen molar-refractivity contribution in [2.75, 3.05) is 6.61 Å². The Bertz CT molecular complexity index is 671. The number of hydrogen-bond donors (Lipinski definition) is 1. The van der Waals surface area contributed by atoms with Gasteiger partial charge in [-0.1, -0.05) is 24.3 Å². The first-order chi connectivity index (χ1) is 11.5. The van der Waals surface area contributed by atoms with Crippen molar-refractivity contribution in [2.24, 2.45) is 0 Å². The molecule has 0 radical (unpaired) electrons. The zero-order valence-corrected chi connectivity index (χ0v) is 15.0. The molecule has 130 valence electrons. The number of hydrogen-bond acceptors (Lipinski definition) is 5. The van der Waals surface area contributed by atoms with Gasteiger partial charge in [-0.3, -0.25) is 4.90 Å². The molecule has 0 aliphatic heterocycles. The molecular weight excluding hydrogens is 304 g/mol. The summed E-state index contributed by atoms with van der Waals surface area (Å²) in [5.74, 6) is -0.458. The predicted molar refractivity (Wildman–Crippen MR) is 93.6 cm³/mol. The van der Waals surface area contributed by atoms with Crippen LogP contribution in [0.25, 0.3) is 11.3 Å². The third kappa shape index (κ3) is 4.00. The van der Waals surface area contributed by atoms with Crippen LogP contribution in [0.15, 0.2) is 24.3 Å². The van der Waals surface area contributed by atoms with Crippen LogP contribution >= 0.6 is 0 Å². The van der Waals surface area contributed by atoms with Crippen molar-refractivity contribution in [1.29, 1.82) is 0 Å². The molecule has 6 nitrogen and oxygen atoms in total. The number of nitrogens with zero attached hydrogens (tertiary/aromatic N) is 3. The van der Waals surface area contributed by atoms with Gasteiger partial charge in [0.1, 0.15) is 5.69 Å². The molecule has 1 N–H and O–H groups in total. The number of carbonyl (C=O) groups excluding carboxylic acids is 1. The second-order valence-electron chi connectivity index (χ2n) is 6.26. The van der Waals surface area contributed by atoms with Crippen molar-refractivity contribution in [3.05, 3.63) is 35.5 Å². The molecule has 24 heavy (non-hydrogen) atoms. The van der Waals surface area contributed by atoms with Crippen molar-refractivity contribution in [3.63, 3.8) is 0 Å². The Morgan fingerprint density at radius 1 is 1.17 bits per heavy atom. The predicted octanol–water partition coefficient (Wildman–Crippen LogP) is 3.27. The maximum Gasteiger partial charge on any atom is 0.361 e. The Balaban J connectivity index is 2.40. The summed E-state index contributed by atoms with van der Waals surface area (Å²) in [6, 6.07) is 8.81. The van der Waals surface area contributed by atoms with Gasteiger partial charge < -0.3 is 4.74 Å². The Morgan fingerprint density at radius 2 is 1.83 bits per heavy atom. The topological polar surface area (TPSA) is 71.1 Å². The first kappa shape index (κ1) is 18.1. The van der Waals surface area contributed by atoms with E-state index in [9.17, 15) is 4.79 Å². The van der Waals surface area contributed by atoms with Gasteiger partial charge in [0.15, 0.2) is 5.69 Å². The molecule has 6 heteroatoms. The number of ether oxygens (including phenoxy) is 1.